The van der Waals surface area contributed by atoms with E-state index in [2.05, 4.69) is 4.98 Å². The number of pyridine rings is 1. The van der Waals surface area contributed by atoms with Gasteiger partial charge in [-0.3, -0.25) is 14.3 Å². The Labute approximate surface area is 210 Å². The quantitative estimate of drug-likeness (QED) is 0.472. The number of hydrogen-bond acceptors (Lipinski definition) is 6. The van der Waals surface area contributed by atoms with E-state index in [4.69, 9.17) is 16.6 Å². The first kappa shape index (κ1) is 25.8. The maximum absolute atomic E-state index is 12.6. The molecule has 10 nitrogen and oxygen atoms in total. The first-order valence-electron chi connectivity index (χ1n) is 12.1. The Morgan fingerprint density at radius 1 is 1.06 bits per heavy atom. The van der Waals surface area contributed by atoms with Crippen LogP contribution in [0.15, 0.2) is 24.3 Å². The summed E-state index contributed by atoms with van der Waals surface area (Å²) in [5.41, 5.74) is 14.4. The molecule has 36 heavy (non-hydrogen) atoms. The molecule has 0 radical (unpaired) electrons. The van der Waals surface area contributed by atoms with Gasteiger partial charge in [0.05, 0.1) is 22.5 Å². The van der Waals surface area contributed by atoms with Gasteiger partial charge >= 0.3 is 0 Å². The second-order valence-electron chi connectivity index (χ2n) is 9.34. The zero-order valence-corrected chi connectivity index (χ0v) is 21.6. The van der Waals surface area contributed by atoms with Gasteiger partial charge in [0.25, 0.3) is 5.91 Å². The van der Waals surface area contributed by atoms with Gasteiger partial charge in [0.15, 0.2) is 0 Å². The number of amides is 2. The summed E-state index contributed by atoms with van der Waals surface area (Å²) in [4.78, 5) is 29.6. The molecule has 3 aromatic rings. The number of aryl methyl sites for hydroxylation is 1. The lowest BCUT2D eigenvalue weighted by molar-refractivity contribution is 0.0996. The van der Waals surface area contributed by atoms with Gasteiger partial charge < -0.3 is 11.5 Å². The van der Waals surface area contributed by atoms with Crippen LogP contribution in [0.2, 0.25) is 0 Å². The zero-order chi connectivity index (χ0) is 26.2. The van der Waals surface area contributed by atoms with Crippen LogP contribution in [0, 0.1) is 19.8 Å². The topological polar surface area (TPSA) is 154 Å². The van der Waals surface area contributed by atoms with Crippen LogP contribution in [0.3, 0.4) is 0 Å². The first-order valence-corrected chi connectivity index (χ1v) is 13.7. The number of carbonyl (C=O) groups excluding carboxylic acids is 2. The average Bonchev–Trinajstić information content (AvgIpc) is 3.10. The first-order chi connectivity index (χ1) is 17.0. The fourth-order valence-corrected chi connectivity index (χ4v) is 6.67. The van der Waals surface area contributed by atoms with E-state index in [-0.39, 0.29) is 22.9 Å². The summed E-state index contributed by atoms with van der Waals surface area (Å²) in [5.74, 6) is -1.03. The van der Waals surface area contributed by atoms with Gasteiger partial charge in [-0.15, -0.1) is 0 Å². The molecule has 0 spiro atoms. The Balaban J connectivity index is 1.72. The van der Waals surface area contributed by atoms with Crippen LogP contribution in [0.1, 0.15) is 58.4 Å². The number of primary amides is 2. The van der Waals surface area contributed by atoms with E-state index in [1.54, 1.807) is 28.6 Å². The molecule has 0 atom stereocenters. The highest BCUT2D eigenvalue weighted by molar-refractivity contribution is 7.89. The fourth-order valence-electron chi connectivity index (χ4n) is 5.13. The number of carbonyl (C=O) groups is 2. The summed E-state index contributed by atoms with van der Waals surface area (Å²) in [6.07, 6.45) is 2.06. The predicted molar refractivity (Wildman–Crippen MR) is 138 cm³/mol. The molecule has 4 N–H and O–H groups in total. The van der Waals surface area contributed by atoms with Crippen LogP contribution in [-0.4, -0.2) is 58.1 Å². The van der Waals surface area contributed by atoms with E-state index < -0.39 is 21.8 Å². The number of hydrogen-bond donors (Lipinski definition) is 2. The number of piperidine rings is 1. The molecule has 1 aromatic carbocycles. The minimum absolute atomic E-state index is 0.0253. The summed E-state index contributed by atoms with van der Waals surface area (Å²) in [6.45, 7) is 7.12. The predicted octanol–water partition coefficient (Wildman–Crippen LogP) is 2.36. The molecule has 0 aliphatic carbocycles. The lowest BCUT2D eigenvalue weighted by atomic mass is 9.92. The molecular weight excluding hydrogens is 480 g/mol. The third kappa shape index (κ3) is 4.72. The molecule has 1 saturated heterocycles. The van der Waals surface area contributed by atoms with Gasteiger partial charge in [0.1, 0.15) is 5.69 Å². The van der Waals surface area contributed by atoms with Gasteiger partial charge in [-0.25, -0.2) is 17.7 Å². The van der Waals surface area contributed by atoms with E-state index in [0.29, 0.717) is 53.8 Å². The van der Waals surface area contributed by atoms with Crippen LogP contribution < -0.4 is 11.5 Å². The van der Waals surface area contributed by atoms with Gasteiger partial charge in [-0.1, -0.05) is 25.1 Å². The molecule has 192 valence electrons. The number of nitrogens with zero attached hydrogens (tertiary/aromatic N) is 4. The third-order valence-electron chi connectivity index (χ3n) is 6.86. The highest BCUT2D eigenvalue weighted by atomic mass is 32.2. The largest absolute Gasteiger partial charge is 0.366 e. The Morgan fingerprint density at radius 2 is 1.72 bits per heavy atom. The van der Waals surface area contributed by atoms with Crippen LogP contribution in [0.25, 0.3) is 22.0 Å². The van der Waals surface area contributed by atoms with Crippen molar-refractivity contribution in [3.05, 3.63) is 46.9 Å². The van der Waals surface area contributed by atoms with Gasteiger partial charge in [0.2, 0.25) is 15.9 Å². The van der Waals surface area contributed by atoms with Crippen LogP contribution in [0.5, 0.6) is 0 Å². The maximum Gasteiger partial charge on any atom is 0.267 e. The van der Waals surface area contributed by atoms with E-state index in [1.165, 1.54) is 0 Å². The minimum Gasteiger partial charge on any atom is -0.366 e. The molecule has 1 aliphatic heterocycles. The zero-order valence-electron chi connectivity index (χ0n) is 20.8. The van der Waals surface area contributed by atoms with Gasteiger partial charge in [-0.05, 0) is 45.1 Å². The Morgan fingerprint density at radius 3 is 2.33 bits per heavy atom. The molecule has 2 amide bonds. The van der Waals surface area contributed by atoms with Crippen molar-refractivity contribution in [2.75, 3.05) is 18.8 Å². The van der Waals surface area contributed by atoms with Crippen LogP contribution >= 0.6 is 0 Å². The van der Waals surface area contributed by atoms with Crippen molar-refractivity contribution in [1.82, 2.24) is 19.1 Å². The molecule has 3 heterocycles. The number of nitrogens with two attached hydrogens (primary N) is 2. The van der Waals surface area contributed by atoms with Crippen molar-refractivity contribution in [3.63, 3.8) is 0 Å². The van der Waals surface area contributed by atoms with E-state index >= 15 is 0 Å². The average molecular weight is 513 g/mol. The van der Waals surface area contributed by atoms with Crippen molar-refractivity contribution < 1.29 is 18.0 Å². The smallest absolute Gasteiger partial charge is 0.267 e. The molecule has 1 fully saturated rings. The standard InChI is InChI=1S/C25H32N6O4S/c1-4-13-36(34,35)30-11-9-17(10-12-30)14-31-16(3)20(15(2)29-31)22-21(24(26)32)18-7-5-6-8-19(18)28-23(22)25(27)33/h5-8,17H,4,9-14H2,1-3H3,(H2,26,32)(H2,27,33). The van der Waals surface area contributed by atoms with E-state index in [9.17, 15) is 18.0 Å². The maximum atomic E-state index is 12.6. The van der Waals surface area contributed by atoms with Crippen molar-refractivity contribution in [3.8, 4) is 11.1 Å². The Bertz CT molecular complexity index is 1440. The Kier molecular flexibility index (Phi) is 7.14. The summed E-state index contributed by atoms with van der Waals surface area (Å²) < 4.78 is 28.2. The molecule has 2 aromatic heterocycles. The van der Waals surface area contributed by atoms with Crippen LogP contribution in [0.4, 0.5) is 0 Å². The highest BCUT2D eigenvalue weighted by Gasteiger charge is 2.30. The molecule has 0 unspecified atom stereocenters. The SMILES string of the molecule is CCCS(=O)(=O)N1CCC(Cn2nc(C)c(-c3c(C(N)=O)nc4ccccc4c3C(N)=O)c2C)CC1. The summed E-state index contributed by atoms with van der Waals surface area (Å²) >= 11 is 0. The van der Waals surface area contributed by atoms with Crippen molar-refractivity contribution in [2.24, 2.45) is 17.4 Å². The van der Waals surface area contributed by atoms with E-state index in [0.717, 1.165) is 18.5 Å². The van der Waals surface area contributed by atoms with Crippen molar-refractivity contribution in [1.29, 1.82) is 0 Å². The van der Waals surface area contributed by atoms with Crippen molar-refractivity contribution in [2.45, 2.75) is 46.6 Å². The number of rotatable bonds is 8. The molecular formula is C25H32N6O4S. The molecule has 4 rings (SSSR count). The number of aromatic nitrogens is 3. The van der Waals surface area contributed by atoms with E-state index in [1.807, 2.05) is 25.5 Å². The molecule has 0 saturated carbocycles. The van der Waals surface area contributed by atoms with Crippen molar-refractivity contribution >= 4 is 32.7 Å². The number of fused-ring (bicyclic) bond motifs is 1. The molecule has 0 bridgehead atoms. The fraction of sp³-hybridized carbons (Fsp3) is 0.440. The van der Waals surface area contributed by atoms with Crippen LogP contribution in [-0.2, 0) is 16.6 Å². The monoisotopic (exact) mass is 512 g/mol. The second-order valence-corrected chi connectivity index (χ2v) is 11.4. The number of benzene rings is 1. The summed E-state index contributed by atoms with van der Waals surface area (Å²) in [5, 5.41) is 5.25. The minimum atomic E-state index is -3.20. The summed E-state index contributed by atoms with van der Waals surface area (Å²) in [6, 6.07) is 6.98. The number of sulfonamides is 1. The Hall–Kier alpha value is -3.31. The lowest BCUT2D eigenvalue weighted by Crippen LogP contribution is -2.40. The third-order valence-corrected chi connectivity index (χ3v) is 8.94. The lowest BCUT2D eigenvalue weighted by Gasteiger charge is -2.31. The highest BCUT2D eigenvalue weighted by Crippen LogP contribution is 2.36. The summed E-state index contributed by atoms with van der Waals surface area (Å²) in [7, 11) is -3.20. The molecule has 11 heteroatoms. The van der Waals surface area contributed by atoms with Gasteiger partial charge in [-0.2, -0.15) is 5.10 Å². The second kappa shape index (κ2) is 9.98. The number of para-hydroxylation sites is 1. The van der Waals surface area contributed by atoms with Gasteiger partial charge in [0, 0.05) is 41.8 Å². The normalized spacial score (nSPS) is 15.4. The molecule has 1 aliphatic rings.